The summed E-state index contributed by atoms with van der Waals surface area (Å²) >= 11 is 5.86. The van der Waals surface area contributed by atoms with E-state index in [1.807, 2.05) is 6.92 Å². The van der Waals surface area contributed by atoms with E-state index in [1.165, 1.54) is 0 Å². The molecule has 0 aliphatic carbocycles. The van der Waals surface area contributed by atoms with Crippen molar-refractivity contribution < 1.29 is 5.11 Å². The number of halogens is 1. The van der Waals surface area contributed by atoms with Crippen LogP contribution in [0.1, 0.15) is 18.9 Å². The third-order valence-corrected chi connectivity index (χ3v) is 2.60. The quantitative estimate of drug-likeness (QED) is 0.829. The molecule has 0 spiro atoms. The monoisotopic (exact) mass is 238 g/mol. The molecule has 0 fully saturated rings. The van der Waals surface area contributed by atoms with Gasteiger partial charge >= 0.3 is 0 Å². The Balaban J connectivity index is 2.66. The molecule has 86 valence electrons. The van der Waals surface area contributed by atoms with Crippen molar-refractivity contribution in [3.63, 3.8) is 0 Å². The number of benzene rings is 1. The third-order valence-electron chi connectivity index (χ3n) is 2.36. The van der Waals surface area contributed by atoms with E-state index < -0.39 is 0 Å². The van der Waals surface area contributed by atoms with Crippen LogP contribution in [0.25, 0.3) is 0 Å². The highest BCUT2D eigenvalue weighted by Gasteiger charge is 2.05. The molecule has 0 heterocycles. The molecule has 0 aliphatic heterocycles. The predicted octanol–water partition coefficient (Wildman–Crippen LogP) is 2.64. The molecule has 1 aromatic carbocycles. The summed E-state index contributed by atoms with van der Waals surface area (Å²) < 4.78 is 0. The lowest BCUT2D eigenvalue weighted by Gasteiger charge is -2.13. The van der Waals surface area contributed by atoms with Gasteiger partial charge in [-0.15, -0.1) is 0 Å². The second-order valence-corrected chi connectivity index (χ2v) is 4.24. The summed E-state index contributed by atoms with van der Waals surface area (Å²) in [6, 6.07) is 7.24. The lowest BCUT2D eigenvalue weighted by Crippen LogP contribution is -2.13. The molecular formula is C12H15ClN2O. The molecule has 1 aromatic rings. The Bertz CT molecular complexity index is 387. The van der Waals surface area contributed by atoms with Gasteiger partial charge in [0.15, 0.2) is 0 Å². The van der Waals surface area contributed by atoms with Crippen LogP contribution in [0.4, 0.5) is 5.69 Å². The first kappa shape index (κ1) is 12.8. The molecule has 0 aliphatic rings. The van der Waals surface area contributed by atoms with Gasteiger partial charge in [-0.05, 0) is 30.5 Å². The number of nitrogens with one attached hydrogen (secondary N) is 1. The molecule has 4 heteroatoms. The van der Waals surface area contributed by atoms with Crippen LogP contribution in [0, 0.1) is 17.2 Å². The molecule has 0 radical (unpaired) electrons. The molecule has 3 nitrogen and oxygen atoms in total. The Hall–Kier alpha value is -1.24. The van der Waals surface area contributed by atoms with Gasteiger partial charge in [0.25, 0.3) is 0 Å². The number of nitriles is 1. The number of anilines is 1. The maximum absolute atomic E-state index is 8.90. The van der Waals surface area contributed by atoms with Gasteiger partial charge in [-0.2, -0.15) is 5.26 Å². The molecule has 1 rings (SSSR count). The third kappa shape index (κ3) is 3.73. The molecule has 0 aromatic heterocycles. The molecule has 0 saturated heterocycles. The Morgan fingerprint density at radius 2 is 2.31 bits per heavy atom. The van der Waals surface area contributed by atoms with Crippen LogP contribution in [-0.4, -0.2) is 18.3 Å². The topological polar surface area (TPSA) is 56.0 Å². The van der Waals surface area contributed by atoms with Crippen LogP contribution in [0.2, 0.25) is 5.02 Å². The lowest BCUT2D eigenvalue weighted by molar-refractivity contribution is 0.266. The molecule has 16 heavy (non-hydrogen) atoms. The van der Waals surface area contributed by atoms with Crippen LogP contribution in [0.15, 0.2) is 18.2 Å². The SMILES string of the molecule is CC(CCO)CNc1cc(Cl)ccc1C#N. The molecule has 2 N–H and O–H groups in total. The van der Waals surface area contributed by atoms with Crippen molar-refractivity contribution in [2.24, 2.45) is 5.92 Å². The fourth-order valence-corrected chi connectivity index (χ4v) is 1.54. The Kier molecular flexibility index (Phi) is 5.10. The van der Waals surface area contributed by atoms with Crippen LogP contribution in [-0.2, 0) is 0 Å². The second-order valence-electron chi connectivity index (χ2n) is 3.80. The van der Waals surface area contributed by atoms with Crippen molar-refractivity contribution in [3.8, 4) is 6.07 Å². The van der Waals surface area contributed by atoms with E-state index >= 15 is 0 Å². The maximum atomic E-state index is 8.90. The van der Waals surface area contributed by atoms with Gasteiger partial charge < -0.3 is 10.4 Å². The van der Waals surface area contributed by atoms with Gasteiger partial charge in [0, 0.05) is 18.2 Å². The summed E-state index contributed by atoms with van der Waals surface area (Å²) in [7, 11) is 0. The Morgan fingerprint density at radius 1 is 1.56 bits per heavy atom. The van der Waals surface area contributed by atoms with Crippen LogP contribution in [0.5, 0.6) is 0 Å². The van der Waals surface area contributed by atoms with E-state index in [9.17, 15) is 0 Å². The van der Waals surface area contributed by atoms with Crippen molar-refractivity contribution in [1.29, 1.82) is 5.26 Å². The molecule has 0 saturated carbocycles. The number of hydrogen-bond donors (Lipinski definition) is 2. The number of aliphatic hydroxyl groups excluding tert-OH is 1. The largest absolute Gasteiger partial charge is 0.396 e. The molecule has 1 unspecified atom stereocenters. The first-order valence-corrected chi connectivity index (χ1v) is 5.59. The number of nitrogens with zero attached hydrogens (tertiary/aromatic N) is 1. The molecular weight excluding hydrogens is 224 g/mol. The molecule has 0 amide bonds. The van der Waals surface area contributed by atoms with E-state index in [2.05, 4.69) is 11.4 Å². The second kappa shape index (κ2) is 6.37. The summed E-state index contributed by atoms with van der Waals surface area (Å²) in [6.07, 6.45) is 0.745. The minimum Gasteiger partial charge on any atom is -0.396 e. The number of aliphatic hydroxyl groups is 1. The number of hydrogen-bond acceptors (Lipinski definition) is 3. The summed E-state index contributed by atoms with van der Waals surface area (Å²) in [5.41, 5.74) is 1.33. The van der Waals surface area contributed by atoms with Crippen LogP contribution < -0.4 is 5.32 Å². The van der Waals surface area contributed by atoms with Gasteiger partial charge in [-0.3, -0.25) is 0 Å². The highest BCUT2D eigenvalue weighted by Crippen LogP contribution is 2.20. The van der Waals surface area contributed by atoms with Gasteiger partial charge in [0.05, 0.1) is 11.3 Å². The summed E-state index contributed by atoms with van der Waals surface area (Å²) in [5, 5.41) is 21.5. The van der Waals surface area contributed by atoms with E-state index in [0.717, 1.165) is 18.7 Å². The highest BCUT2D eigenvalue weighted by molar-refractivity contribution is 6.30. The zero-order valence-electron chi connectivity index (χ0n) is 9.20. The maximum Gasteiger partial charge on any atom is 0.101 e. The molecule has 0 bridgehead atoms. The first-order chi connectivity index (χ1) is 7.67. The van der Waals surface area contributed by atoms with Gasteiger partial charge in [-0.25, -0.2) is 0 Å². The van der Waals surface area contributed by atoms with E-state index in [0.29, 0.717) is 16.5 Å². The average molecular weight is 239 g/mol. The van der Waals surface area contributed by atoms with Gasteiger partial charge in [-0.1, -0.05) is 18.5 Å². The summed E-state index contributed by atoms with van der Waals surface area (Å²) in [4.78, 5) is 0. The smallest absolute Gasteiger partial charge is 0.101 e. The first-order valence-electron chi connectivity index (χ1n) is 5.21. The minimum absolute atomic E-state index is 0.184. The van der Waals surface area contributed by atoms with E-state index in [1.54, 1.807) is 18.2 Å². The zero-order valence-corrected chi connectivity index (χ0v) is 9.96. The van der Waals surface area contributed by atoms with Gasteiger partial charge in [0.2, 0.25) is 0 Å². The van der Waals surface area contributed by atoms with E-state index in [4.69, 9.17) is 22.0 Å². The fourth-order valence-electron chi connectivity index (χ4n) is 1.37. The van der Waals surface area contributed by atoms with Crippen molar-refractivity contribution in [2.45, 2.75) is 13.3 Å². The van der Waals surface area contributed by atoms with Crippen molar-refractivity contribution in [2.75, 3.05) is 18.5 Å². The normalized spacial score (nSPS) is 11.9. The fraction of sp³-hybridized carbons (Fsp3) is 0.417. The van der Waals surface area contributed by atoms with Crippen LogP contribution in [0.3, 0.4) is 0 Å². The number of rotatable bonds is 5. The Labute approximate surface area is 101 Å². The lowest BCUT2D eigenvalue weighted by atomic mass is 10.1. The van der Waals surface area contributed by atoms with Crippen molar-refractivity contribution in [1.82, 2.24) is 0 Å². The van der Waals surface area contributed by atoms with Gasteiger partial charge in [0.1, 0.15) is 6.07 Å². The average Bonchev–Trinajstić information content (AvgIpc) is 2.27. The summed E-state index contributed by atoms with van der Waals surface area (Å²) in [6.45, 7) is 2.94. The van der Waals surface area contributed by atoms with Crippen molar-refractivity contribution in [3.05, 3.63) is 28.8 Å². The molecule has 1 atom stereocenters. The predicted molar refractivity (Wildman–Crippen MR) is 65.5 cm³/mol. The zero-order chi connectivity index (χ0) is 12.0. The standard InChI is InChI=1S/C12H15ClN2O/c1-9(4-5-16)8-15-12-6-11(13)3-2-10(12)7-14/h2-3,6,9,15-16H,4-5,8H2,1H3. The van der Waals surface area contributed by atoms with Crippen LogP contribution >= 0.6 is 11.6 Å². The highest BCUT2D eigenvalue weighted by atomic mass is 35.5. The van der Waals surface area contributed by atoms with E-state index in [-0.39, 0.29) is 6.61 Å². The Morgan fingerprint density at radius 3 is 2.94 bits per heavy atom. The van der Waals surface area contributed by atoms with Crippen molar-refractivity contribution >= 4 is 17.3 Å². The minimum atomic E-state index is 0.184. The summed E-state index contributed by atoms with van der Waals surface area (Å²) in [5.74, 6) is 0.357.